The van der Waals surface area contributed by atoms with Gasteiger partial charge < -0.3 is 0 Å². The van der Waals surface area contributed by atoms with E-state index in [4.69, 9.17) is 5.26 Å². The number of hydrogen-bond acceptors (Lipinski definition) is 1. The minimum Gasteiger partial charge on any atom is -0.192 e. The summed E-state index contributed by atoms with van der Waals surface area (Å²) in [6, 6.07) is 9.62. The first-order valence-corrected chi connectivity index (χ1v) is 5.56. The summed E-state index contributed by atoms with van der Waals surface area (Å²) >= 11 is 0. The van der Waals surface area contributed by atoms with Crippen molar-refractivity contribution in [3.63, 3.8) is 0 Å². The molecule has 86 valence electrons. The van der Waals surface area contributed by atoms with E-state index in [9.17, 15) is 0 Å². The Morgan fingerprint density at radius 3 is 2.53 bits per heavy atom. The van der Waals surface area contributed by atoms with Gasteiger partial charge in [-0.2, -0.15) is 5.26 Å². The average Bonchev–Trinajstić information content (AvgIpc) is 2.35. The van der Waals surface area contributed by atoms with Crippen molar-refractivity contribution in [2.24, 2.45) is 0 Å². The molecule has 1 aromatic carbocycles. The molecule has 0 fully saturated rings. The minimum absolute atomic E-state index is 0.663. The number of benzene rings is 1. The fourth-order valence-corrected chi connectivity index (χ4v) is 1.28. The smallest absolute Gasteiger partial charge is 0.0991 e. The van der Waals surface area contributed by atoms with Crippen molar-refractivity contribution in [3.8, 4) is 6.07 Å². The van der Waals surface area contributed by atoms with Gasteiger partial charge >= 0.3 is 0 Å². The summed E-state index contributed by atoms with van der Waals surface area (Å²) < 4.78 is 0. The second-order valence-corrected chi connectivity index (χ2v) is 4.23. The number of nitriles is 1. The molecule has 0 aliphatic heterocycles. The molecule has 0 amide bonds. The fraction of sp³-hybridized carbons (Fsp3) is 0.188. The second kappa shape index (κ2) is 5.86. The molecule has 1 heteroatoms. The van der Waals surface area contributed by atoms with E-state index in [2.05, 4.69) is 39.5 Å². The van der Waals surface area contributed by atoms with Gasteiger partial charge in [0, 0.05) is 0 Å². The maximum Gasteiger partial charge on any atom is 0.0991 e. The first-order chi connectivity index (χ1) is 8.04. The van der Waals surface area contributed by atoms with Gasteiger partial charge in [0.15, 0.2) is 0 Å². The van der Waals surface area contributed by atoms with Crippen LogP contribution < -0.4 is 0 Å². The molecule has 0 aromatic heterocycles. The fourth-order valence-electron chi connectivity index (χ4n) is 1.28. The van der Waals surface area contributed by atoms with Gasteiger partial charge in [0.1, 0.15) is 0 Å². The molecule has 0 saturated heterocycles. The van der Waals surface area contributed by atoms with Crippen LogP contribution in [0.3, 0.4) is 0 Å². The van der Waals surface area contributed by atoms with Crippen LogP contribution in [0.4, 0.5) is 0 Å². The van der Waals surface area contributed by atoms with Crippen molar-refractivity contribution in [1.29, 1.82) is 5.26 Å². The molecule has 0 aliphatic rings. The summed E-state index contributed by atoms with van der Waals surface area (Å²) in [5.41, 5.74) is 5.10. The van der Waals surface area contributed by atoms with Crippen LogP contribution in [-0.2, 0) is 0 Å². The van der Waals surface area contributed by atoms with Gasteiger partial charge in [0.05, 0.1) is 11.6 Å². The molecule has 17 heavy (non-hydrogen) atoms. The highest BCUT2D eigenvalue weighted by molar-refractivity contribution is 5.73. The monoisotopic (exact) mass is 223 g/mol. The molecular formula is C16H17N. The van der Waals surface area contributed by atoms with Crippen molar-refractivity contribution in [1.82, 2.24) is 0 Å². The summed E-state index contributed by atoms with van der Waals surface area (Å²) in [5.74, 6) is 0. The molecule has 0 spiro atoms. The summed E-state index contributed by atoms with van der Waals surface area (Å²) in [5, 5.41) is 8.83. The van der Waals surface area contributed by atoms with Crippen LogP contribution in [0.25, 0.3) is 5.57 Å². The summed E-state index contributed by atoms with van der Waals surface area (Å²) in [6.07, 6.45) is 4.04. The molecule has 0 saturated carbocycles. The topological polar surface area (TPSA) is 23.8 Å². The van der Waals surface area contributed by atoms with Gasteiger partial charge in [0.2, 0.25) is 0 Å². The summed E-state index contributed by atoms with van der Waals surface area (Å²) in [7, 11) is 0. The van der Waals surface area contributed by atoms with E-state index in [1.54, 1.807) is 6.07 Å². The Morgan fingerprint density at radius 2 is 1.94 bits per heavy atom. The average molecular weight is 223 g/mol. The van der Waals surface area contributed by atoms with Crippen LogP contribution in [0.5, 0.6) is 0 Å². The lowest BCUT2D eigenvalue weighted by atomic mass is 10.0. The molecular weight excluding hydrogens is 206 g/mol. The number of rotatable bonds is 3. The zero-order chi connectivity index (χ0) is 12.8. The molecule has 0 heterocycles. The Kier molecular flexibility index (Phi) is 4.48. The van der Waals surface area contributed by atoms with E-state index in [1.807, 2.05) is 24.3 Å². The number of nitrogens with zero attached hydrogens (tertiary/aromatic N) is 1. The van der Waals surface area contributed by atoms with Gasteiger partial charge in [-0.05, 0) is 44.0 Å². The highest BCUT2D eigenvalue weighted by atomic mass is 14.2. The lowest BCUT2D eigenvalue weighted by molar-refractivity contribution is 1.29. The minimum atomic E-state index is 0.663. The summed E-state index contributed by atoms with van der Waals surface area (Å²) in [6.45, 7) is 10.3. The van der Waals surface area contributed by atoms with Crippen molar-refractivity contribution in [3.05, 3.63) is 65.3 Å². The third kappa shape index (κ3) is 3.77. The van der Waals surface area contributed by atoms with Gasteiger partial charge in [0.25, 0.3) is 0 Å². The number of hydrogen-bond donors (Lipinski definition) is 0. The lowest BCUT2D eigenvalue weighted by Crippen LogP contribution is -1.82. The van der Waals surface area contributed by atoms with Gasteiger partial charge in [-0.1, -0.05) is 42.0 Å². The molecule has 1 aromatic rings. The van der Waals surface area contributed by atoms with E-state index in [0.717, 1.165) is 11.1 Å². The van der Waals surface area contributed by atoms with E-state index in [0.29, 0.717) is 5.56 Å². The van der Waals surface area contributed by atoms with E-state index < -0.39 is 0 Å². The Balaban J connectivity index is 2.92. The highest BCUT2D eigenvalue weighted by Crippen LogP contribution is 2.16. The molecule has 0 atom stereocenters. The first kappa shape index (κ1) is 13.0. The van der Waals surface area contributed by atoms with Crippen molar-refractivity contribution in [2.75, 3.05) is 0 Å². The molecule has 0 unspecified atom stereocenters. The normalized spacial score (nSPS) is 10.0. The van der Waals surface area contributed by atoms with E-state index >= 15 is 0 Å². The molecule has 0 bridgehead atoms. The zero-order valence-electron chi connectivity index (χ0n) is 10.6. The first-order valence-electron chi connectivity index (χ1n) is 5.56. The third-order valence-corrected chi connectivity index (χ3v) is 2.69. The zero-order valence-corrected chi connectivity index (χ0v) is 10.6. The van der Waals surface area contributed by atoms with Crippen molar-refractivity contribution < 1.29 is 0 Å². The maximum atomic E-state index is 8.83. The standard InChI is InChI=1S/C16H17N/c1-12(2)13(3)8-9-14(4)16-7-5-6-15(10-16)11-17/h5-10H,4H2,1-3H3/b9-8-. The SMILES string of the molecule is C=C(/C=C\C(C)=C(C)C)c1cccc(C#N)c1. The highest BCUT2D eigenvalue weighted by Gasteiger charge is 1.97. The lowest BCUT2D eigenvalue weighted by Gasteiger charge is -2.01. The van der Waals surface area contributed by atoms with Gasteiger partial charge in [-0.25, -0.2) is 0 Å². The van der Waals surface area contributed by atoms with Crippen molar-refractivity contribution in [2.45, 2.75) is 20.8 Å². The number of allylic oxidation sites excluding steroid dienone is 5. The molecule has 0 radical (unpaired) electrons. The van der Waals surface area contributed by atoms with Gasteiger partial charge in [-0.15, -0.1) is 0 Å². The van der Waals surface area contributed by atoms with Crippen LogP contribution in [0.1, 0.15) is 31.9 Å². The van der Waals surface area contributed by atoms with E-state index in [1.165, 1.54) is 11.1 Å². The molecule has 0 aliphatic carbocycles. The van der Waals surface area contributed by atoms with Crippen LogP contribution in [0, 0.1) is 11.3 Å². The third-order valence-electron chi connectivity index (χ3n) is 2.69. The predicted octanol–water partition coefficient (Wildman–Crippen LogP) is 4.48. The van der Waals surface area contributed by atoms with Crippen LogP contribution >= 0.6 is 0 Å². The Morgan fingerprint density at radius 1 is 1.24 bits per heavy atom. The van der Waals surface area contributed by atoms with Crippen LogP contribution in [0.15, 0.2) is 54.1 Å². The Hall–Kier alpha value is -2.07. The Bertz CT molecular complexity index is 521. The van der Waals surface area contributed by atoms with Gasteiger partial charge in [-0.3, -0.25) is 0 Å². The van der Waals surface area contributed by atoms with E-state index in [-0.39, 0.29) is 0 Å². The quantitative estimate of drug-likeness (QED) is 0.693. The van der Waals surface area contributed by atoms with Crippen LogP contribution in [-0.4, -0.2) is 0 Å². The Labute approximate surface area is 103 Å². The second-order valence-electron chi connectivity index (χ2n) is 4.23. The maximum absolute atomic E-state index is 8.83. The molecule has 1 rings (SSSR count). The summed E-state index contributed by atoms with van der Waals surface area (Å²) in [4.78, 5) is 0. The molecule has 1 nitrogen and oxygen atoms in total. The predicted molar refractivity (Wildman–Crippen MR) is 73.4 cm³/mol. The van der Waals surface area contributed by atoms with Crippen LogP contribution in [0.2, 0.25) is 0 Å². The van der Waals surface area contributed by atoms with Crippen molar-refractivity contribution >= 4 is 5.57 Å². The molecule has 0 N–H and O–H groups in total. The largest absolute Gasteiger partial charge is 0.192 e.